The SMILES string of the molecule is COc1ccc(N2N=C(c3ccc(Cl)cc3)C3CCCCCC32)cc1. The zero-order valence-electron chi connectivity index (χ0n) is 14.5. The van der Waals surface area contributed by atoms with Crippen LogP contribution in [-0.2, 0) is 0 Å². The van der Waals surface area contributed by atoms with Crippen molar-refractivity contribution < 1.29 is 4.74 Å². The van der Waals surface area contributed by atoms with Crippen LogP contribution in [0.5, 0.6) is 5.75 Å². The molecule has 4 rings (SSSR count). The fourth-order valence-electron chi connectivity index (χ4n) is 4.04. The third-order valence-corrected chi connectivity index (χ3v) is 5.59. The molecule has 0 aromatic heterocycles. The summed E-state index contributed by atoms with van der Waals surface area (Å²) in [4.78, 5) is 0. The molecule has 2 aromatic rings. The second-order valence-corrected chi connectivity index (χ2v) is 7.28. The summed E-state index contributed by atoms with van der Waals surface area (Å²) in [6.07, 6.45) is 6.27. The number of nitrogens with zero attached hydrogens (tertiary/aromatic N) is 2. The molecule has 2 atom stereocenters. The number of fused-ring (bicyclic) bond motifs is 1. The molecule has 1 fully saturated rings. The normalized spacial score (nSPS) is 23.0. The molecule has 1 heterocycles. The lowest BCUT2D eigenvalue weighted by Crippen LogP contribution is -2.32. The first-order chi connectivity index (χ1) is 12.3. The Labute approximate surface area is 154 Å². The molecular weight excluding hydrogens is 332 g/mol. The summed E-state index contributed by atoms with van der Waals surface area (Å²) in [5, 5.41) is 8.07. The Morgan fingerprint density at radius 3 is 2.40 bits per heavy atom. The van der Waals surface area contributed by atoms with E-state index in [9.17, 15) is 0 Å². The fourth-order valence-corrected chi connectivity index (χ4v) is 4.17. The van der Waals surface area contributed by atoms with Crippen LogP contribution in [0, 0.1) is 5.92 Å². The van der Waals surface area contributed by atoms with E-state index in [-0.39, 0.29) is 0 Å². The highest BCUT2D eigenvalue weighted by Crippen LogP contribution is 2.38. The molecule has 1 saturated carbocycles. The quantitative estimate of drug-likeness (QED) is 0.724. The average Bonchev–Trinajstić information content (AvgIpc) is 2.84. The van der Waals surface area contributed by atoms with Crippen molar-refractivity contribution in [2.75, 3.05) is 12.1 Å². The van der Waals surface area contributed by atoms with Gasteiger partial charge in [-0.3, -0.25) is 5.01 Å². The van der Waals surface area contributed by atoms with Gasteiger partial charge >= 0.3 is 0 Å². The van der Waals surface area contributed by atoms with Gasteiger partial charge < -0.3 is 4.74 Å². The summed E-state index contributed by atoms with van der Waals surface area (Å²) < 4.78 is 5.29. The van der Waals surface area contributed by atoms with Crippen molar-refractivity contribution in [1.29, 1.82) is 0 Å². The number of hydrazone groups is 1. The van der Waals surface area contributed by atoms with Crippen LogP contribution in [0.15, 0.2) is 53.6 Å². The van der Waals surface area contributed by atoms with Crippen LogP contribution in [0.1, 0.15) is 37.7 Å². The van der Waals surface area contributed by atoms with Crippen LogP contribution in [0.25, 0.3) is 0 Å². The summed E-state index contributed by atoms with van der Waals surface area (Å²) >= 11 is 6.07. The Morgan fingerprint density at radius 1 is 0.960 bits per heavy atom. The molecule has 2 aromatic carbocycles. The molecule has 0 saturated heterocycles. The molecule has 1 aliphatic heterocycles. The monoisotopic (exact) mass is 354 g/mol. The van der Waals surface area contributed by atoms with Gasteiger partial charge in [0.05, 0.1) is 24.6 Å². The van der Waals surface area contributed by atoms with Gasteiger partial charge in [0, 0.05) is 10.9 Å². The number of anilines is 1. The second-order valence-electron chi connectivity index (χ2n) is 6.85. The molecule has 1 aliphatic carbocycles. The van der Waals surface area contributed by atoms with Crippen molar-refractivity contribution in [3.05, 3.63) is 59.1 Å². The lowest BCUT2D eigenvalue weighted by atomic mass is 9.87. The number of hydrogen-bond donors (Lipinski definition) is 0. The van der Waals surface area contributed by atoms with Gasteiger partial charge in [-0.25, -0.2) is 0 Å². The van der Waals surface area contributed by atoms with E-state index in [1.54, 1.807) is 7.11 Å². The van der Waals surface area contributed by atoms with Gasteiger partial charge in [0.25, 0.3) is 0 Å². The molecule has 2 unspecified atom stereocenters. The molecule has 2 aliphatic rings. The Balaban J connectivity index is 1.72. The number of rotatable bonds is 3. The van der Waals surface area contributed by atoms with E-state index >= 15 is 0 Å². The molecule has 3 nitrogen and oxygen atoms in total. The molecule has 4 heteroatoms. The van der Waals surface area contributed by atoms with E-state index in [4.69, 9.17) is 21.4 Å². The van der Waals surface area contributed by atoms with E-state index in [0.29, 0.717) is 12.0 Å². The van der Waals surface area contributed by atoms with Crippen LogP contribution in [0.2, 0.25) is 5.02 Å². The first kappa shape index (κ1) is 16.5. The Bertz CT molecular complexity index is 754. The molecule has 0 bridgehead atoms. The van der Waals surface area contributed by atoms with Crippen molar-refractivity contribution in [2.24, 2.45) is 11.0 Å². The van der Waals surface area contributed by atoms with Crippen molar-refractivity contribution in [3.8, 4) is 5.75 Å². The van der Waals surface area contributed by atoms with Crippen LogP contribution in [0.4, 0.5) is 5.69 Å². The van der Waals surface area contributed by atoms with Crippen LogP contribution in [-0.4, -0.2) is 18.9 Å². The predicted molar refractivity (Wildman–Crippen MR) is 104 cm³/mol. The van der Waals surface area contributed by atoms with Gasteiger partial charge in [0.1, 0.15) is 5.75 Å². The molecule has 130 valence electrons. The highest BCUT2D eigenvalue weighted by atomic mass is 35.5. The van der Waals surface area contributed by atoms with Gasteiger partial charge in [-0.2, -0.15) is 5.10 Å². The molecule has 25 heavy (non-hydrogen) atoms. The van der Waals surface area contributed by atoms with E-state index in [2.05, 4.69) is 29.3 Å². The van der Waals surface area contributed by atoms with Crippen LogP contribution < -0.4 is 9.75 Å². The summed E-state index contributed by atoms with van der Waals surface area (Å²) in [6, 6.07) is 16.8. The fraction of sp³-hybridized carbons (Fsp3) is 0.381. The van der Waals surface area contributed by atoms with Crippen molar-refractivity contribution in [2.45, 2.75) is 38.1 Å². The van der Waals surface area contributed by atoms with E-state index in [1.807, 2.05) is 24.3 Å². The standard InChI is InChI=1S/C21H23ClN2O/c1-25-18-13-11-17(12-14-18)24-20-6-4-2-3-5-19(20)21(23-24)15-7-9-16(22)10-8-15/h7-14,19-20H,2-6H2,1H3. The van der Waals surface area contributed by atoms with Gasteiger partial charge in [-0.15, -0.1) is 0 Å². The van der Waals surface area contributed by atoms with Crippen LogP contribution >= 0.6 is 11.6 Å². The van der Waals surface area contributed by atoms with E-state index in [0.717, 1.165) is 16.5 Å². The highest BCUT2D eigenvalue weighted by molar-refractivity contribution is 6.30. The number of benzene rings is 2. The molecule has 0 spiro atoms. The average molecular weight is 355 g/mol. The third-order valence-electron chi connectivity index (χ3n) is 5.34. The Kier molecular flexibility index (Phi) is 4.67. The van der Waals surface area contributed by atoms with Crippen molar-refractivity contribution in [3.63, 3.8) is 0 Å². The molecule has 0 amide bonds. The Morgan fingerprint density at radius 2 is 1.68 bits per heavy atom. The summed E-state index contributed by atoms with van der Waals surface area (Å²) in [6.45, 7) is 0. The zero-order chi connectivity index (χ0) is 17.2. The van der Waals surface area contributed by atoms with Crippen molar-refractivity contribution >= 4 is 23.0 Å². The topological polar surface area (TPSA) is 24.8 Å². The zero-order valence-corrected chi connectivity index (χ0v) is 15.2. The first-order valence-corrected chi connectivity index (χ1v) is 9.42. The minimum absolute atomic E-state index is 0.446. The minimum Gasteiger partial charge on any atom is -0.497 e. The highest BCUT2D eigenvalue weighted by Gasteiger charge is 2.38. The predicted octanol–water partition coefficient (Wildman–Crippen LogP) is 5.52. The smallest absolute Gasteiger partial charge is 0.119 e. The summed E-state index contributed by atoms with van der Waals surface area (Å²) in [5.74, 6) is 1.37. The van der Waals surface area contributed by atoms with Gasteiger partial charge in [0.2, 0.25) is 0 Å². The summed E-state index contributed by atoms with van der Waals surface area (Å²) in [7, 11) is 1.70. The number of hydrogen-bond acceptors (Lipinski definition) is 3. The van der Waals surface area contributed by atoms with Gasteiger partial charge in [-0.05, 0) is 54.8 Å². The maximum absolute atomic E-state index is 6.07. The number of methoxy groups -OCH3 is 1. The van der Waals surface area contributed by atoms with Gasteiger partial charge in [0.15, 0.2) is 0 Å². The minimum atomic E-state index is 0.446. The number of halogens is 1. The Hall–Kier alpha value is -2.00. The lowest BCUT2D eigenvalue weighted by molar-refractivity contribution is 0.414. The van der Waals surface area contributed by atoms with E-state index in [1.165, 1.54) is 43.4 Å². The second kappa shape index (κ2) is 7.09. The largest absolute Gasteiger partial charge is 0.497 e. The lowest BCUT2D eigenvalue weighted by Gasteiger charge is -2.26. The molecule has 0 radical (unpaired) electrons. The van der Waals surface area contributed by atoms with Crippen LogP contribution in [0.3, 0.4) is 0 Å². The first-order valence-electron chi connectivity index (χ1n) is 9.04. The maximum atomic E-state index is 6.07. The maximum Gasteiger partial charge on any atom is 0.119 e. The molecular formula is C21H23ClN2O. The summed E-state index contributed by atoms with van der Waals surface area (Å²) in [5.41, 5.74) is 3.54. The van der Waals surface area contributed by atoms with Gasteiger partial charge in [-0.1, -0.05) is 43.0 Å². The van der Waals surface area contributed by atoms with E-state index < -0.39 is 0 Å². The third kappa shape index (κ3) is 3.25. The van der Waals surface area contributed by atoms with Crippen molar-refractivity contribution in [1.82, 2.24) is 0 Å². The number of ether oxygens (including phenoxy) is 1. The molecule has 0 N–H and O–H groups in total.